The predicted octanol–water partition coefficient (Wildman–Crippen LogP) is 1.58. The number of fused-ring (bicyclic) bond motifs is 1. The lowest BCUT2D eigenvalue weighted by Crippen LogP contribution is -2.30. The number of aromatic nitrogens is 2. The third kappa shape index (κ3) is 2.59. The Labute approximate surface area is 134 Å². The molecule has 1 aliphatic rings. The van der Waals surface area contributed by atoms with E-state index in [1.54, 1.807) is 25.1 Å². The molecule has 0 spiro atoms. The van der Waals surface area contributed by atoms with Crippen LogP contribution in [0.3, 0.4) is 0 Å². The van der Waals surface area contributed by atoms with Crippen LogP contribution >= 0.6 is 0 Å². The zero-order valence-corrected chi connectivity index (χ0v) is 13.7. The Morgan fingerprint density at radius 2 is 2.13 bits per heavy atom. The molecule has 23 heavy (non-hydrogen) atoms. The molecular formula is C15H17N3O4S. The standard InChI is InChI=1S/C15H17N3O4S/c1-3-22-15(19)13-10-16-17-7-8-18(14(13)17)23(20,21)12-6-4-5-11(2)9-12/h4-6,9-10H,3,7-8H2,1-2H3. The highest BCUT2D eigenvalue weighted by atomic mass is 32.2. The number of nitrogens with zero attached hydrogens (tertiary/aromatic N) is 3. The first-order valence-corrected chi connectivity index (χ1v) is 8.71. The normalized spacial score (nSPS) is 13.9. The van der Waals surface area contributed by atoms with Gasteiger partial charge in [0.25, 0.3) is 10.0 Å². The van der Waals surface area contributed by atoms with Crippen LogP contribution in [-0.4, -0.2) is 37.3 Å². The second-order valence-electron chi connectivity index (χ2n) is 5.22. The molecule has 122 valence electrons. The number of ether oxygens (including phenoxy) is 1. The van der Waals surface area contributed by atoms with Crippen molar-refractivity contribution in [3.63, 3.8) is 0 Å². The quantitative estimate of drug-likeness (QED) is 0.792. The van der Waals surface area contributed by atoms with Gasteiger partial charge in [0.05, 0.1) is 30.8 Å². The number of esters is 1. The van der Waals surface area contributed by atoms with E-state index in [1.165, 1.54) is 15.2 Å². The molecule has 0 atom stereocenters. The van der Waals surface area contributed by atoms with E-state index in [0.717, 1.165) is 5.56 Å². The number of aryl methyl sites for hydroxylation is 1. The van der Waals surface area contributed by atoms with E-state index in [2.05, 4.69) is 5.10 Å². The Bertz CT molecular complexity index is 857. The summed E-state index contributed by atoms with van der Waals surface area (Å²) in [5.41, 5.74) is 1.02. The fourth-order valence-electron chi connectivity index (χ4n) is 2.59. The maximum Gasteiger partial charge on any atom is 0.343 e. The molecule has 0 radical (unpaired) electrons. The summed E-state index contributed by atoms with van der Waals surface area (Å²) in [6.45, 7) is 4.39. The van der Waals surface area contributed by atoms with Crippen molar-refractivity contribution < 1.29 is 17.9 Å². The minimum absolute atomic E-state index is 0.167. The van der Waals surface area contributed by atoms with Crippen LogP contribution in [0.25, 0.3) is 0 Å². The summed E-state index contributed by atoms with van der Waals surface area (Å²) < 4.78 is 33.5. The van der Waals surface area contributed by atoms with Crippen molar-refractivity contribution >= 4 is 21.8 Å². The van der Waals surface area contributed by atoms with Crippen LogP contribution < -0.4 is 4.31 Å². The van der Waals surface area contributed by atoms with Gasteiger partial charge in [-0.3, -0.25) is 0 Å². The highest BCUT2D eigenvalue weighted by molar-refractivity contribution is 7.92. The van der Waals surface area contributed by atoms with Gasteiger partial charge in [-0.05, 0) is 31.5 Å². The summed E-state index contributed by atoms with van der Waals surface area (Å²) in [5, 5.41) is 4.08. The fourth-order valence-corrected chi connectivity index (χ4v) is 4.17. The third-order valence-electron chi connectivity index (χ3n) is 3.64. The molecule has 0 saturated carbocycles. The Balaban J connectivity index is 2.05. The van der Waals surface area contributed by atoms with Crippen LogP contribution in [0.5, 0.6) is 0 Å². The van der Waals surface area contributed by atoms with Gasteiger partial charge in [0, 0.05) is 0 Å². The molecule has 1 aromatic heterocycles. The third-order valence-corrected chi connectivity index (χ3v) is 5.42. The number of carbonyl (C=O) groups excluding carboxylic acids is 1. The minimum atomic E-state index is -3.75. The molecule has 0 unspecified atom stereocenters. The summed E-state index contributed by atoms with van der Waals surface area (Å²) in [5.74, 6) is -0.301. The van der Waals surface area contributed by atoms with Crippen LogP contribution in [0.15, 0.2) is 35.4 Å². The zero-order chi connectivity index (χ0) is 16.6. The topological polar surface area (TPSA) is 81.5 Å². The maximum absolute atomic E-state index is 12.9. The summed E-state index contributed by atoms with van der Waals surface area (Å²) >= 11 is 0. The smallest absolute Gasteiger partial charge is 0.343 e. The molecule has 0 saturated heterocycles. The number of rotatable bonds is 4. The van der Waals surface area contributed by atoms with Crippen LogP contribution in [0, 0.1) is 6.92 Å². The Kier molecular flexibility index (Phi) is 3.85. The van der Waals surface area contributed by atoms with Crippen molar-refractivity contribution in [3.05, 3.63) is 41.6 Å². The van der Waals surface area contributed by atoms with Crippen molar-refractivity contribution in [2.45, 2.75) is 25.3 Å². The number of sulfonamides is 1. The van der Waals surface area contributed by atoms with E-state index in [-0.39, 0.29) is 29.4 Å². The molecule has 7 nitrogen and oxygen atoms in total. The van der Waals surface area contributed by atoms with E-state index >= 15 is 0 Å². The second kappa shape index (κ2) is 5.69. The van der Waals surface area contributed by atoms with E-state index < -0.39 is 16.0 Å². The molecule has 2 heterocycles. The molecule has 1 aromatic carbocycles. The predicted molar refractivity (Wildman–Crippen MR) is 83.9 cm³/mol. The van der Waals surface area contributed by atoms with E-state index in [9.17, 15) is 13.2 Å². The summed E-state index contributed by atoms with van der Waals surface area (Å²) in [6.07, 6.45) is 1.35. The van der Waals surface area contributed by atoms with E-state index in [0.29, 0.717) is 6.54 Å². The maximum atomic E-state index is 12.9. The van der Waals surface area contributed by atoms with Crippen molar-refractivity contribution in [2.75, 3.05) is 17.5 Å². The van der Waals surface area contributed by atoms with Gasteiger partial charge in [-0.15, -0.1) is 0 Å². The van der Waals surface area contributed by atoms with Gasteiger partial charge in [-0.1, -0.05) is 12.1 Å². The molecule has 2 aromatic rings. The summed E-state index contributed by atoms with van der Waals surface area (Å²) in [4.78, 5) is 12.2. The molecule has 0 amide bonds. The Morgan fingerprint density at radius 1 is 1.35 bits per heavy atom. The van der Waals surface area contributed by atoms with Crippen LogP contribution in [0.1, 0.15) is 22.8 Å². The zero-order valence-electron chi connectivity index (χ0n) is 12.9. The highest BCUT2D eigenvalue weighted by Crippen LogP contribution is 2.31. The number of hydrogen-bond donors (Lipinski definition) is 0. The van der Waals surface area contributed by atoms with Crippen LogP contribution in [0.2, 0.25) is 0 Å². The second-order valence-corrected chi connectivity index (χ2v) is 7.08. The van der Waals surface area contributed by atoms with Crippen molar-refractivity contribution in [2.24, 2.45) is 0 Å². The van der Waals surface area contributed by atoms with E-state index in [4.69, 9.17) is 4.74 Å². The summed E-state index contributed by atoms with van der Waals surface area (Å²) in [6, 6.07) is 6.68. The number of benzene rings is 1. The van der Waals surface area contributed by atoms with Crippen molar-refractivity contribution in [3.8, 4) is 0 Å². The lowest BCUT2D eigenvalue weighted by atomic mass is 10.2. The largest absolute Gasteiger partial charge is 0.462 e. The molecule has 0 fully saturated rings. The lowest BCUT2D eigenvalue weighted by molar-refractivity contribution is 0.0527. The highest BCUT2D eigenvalue weighted by Gasteiger charge is 2.36. The van der Waals surface area contributed by atoms with Crippen LogP contribution in [0.4, 0.5) is 5.82 Å². The number of carbonyl (C=O) groups is 1. The van der Waals surface area contributed by atoms with Gasteiger partial charge in [-0.25, -0.2) is 22.2 Å². The van der Waals surface area contributed by atoms with Gasteiger partial charge < -0.3 is 4.74 Å². The first-order chi connectivity index (χ1) is 10.9. The molecule has 3 rings (SSSR count). The molecule has 8 heteroatoms. The Morgan fingerprint density at radius 3 is 2.83 bits per heavy atom. The van der Waals surface area contributed by atoms with Gasteiger partial charge >= 0.3 is 5.97 Å². The molecule has 1 aliphatic heterocycles. The van der Waals surface area contributed by atoms with E-state index in [1.807, 2.05) is 13.0 Å². The Hall–Kier alpha value is -2.35. The minimum Gasteiger partial charge on any atom is -0.462 e. The SMILES string of the molecule is CCOC(=O)c1cnn2c1N(S(=O)(=O)c1cccc(C)c1)CC2. The number of anilines is 1. The summed E-state index contributed by atoms with van der Waals surface area (Å²) in [7, 11) is -3.75. The molecule has 0 bridgehead atoms. The molecule has 0 aliphatic carbocycles. The fraction of sp³-hybridized carbons (Fsp3) is 0.333. The van der Waals surface area contributed by atoms with Gasteiger partial charge in [0.15, 0.2) is 5.82 Å². The molecule has 0 N–H and O–H groups in total. The molecular weight excluding hydrogens is 318 g/mol. The number of hydrogen-bond acceptors (Lipinski definition) is 5. The average Bonchev–Trinajstić information content (AvgIpc) is 3.08. The first-order valence-electron chi connectivity index (χ1n) is 7.27. The van der Waals surface area contributed by atoms with Crippen LogP contribution in [-0.2, 0) is 21.3 Å². The van der Waals surface area contributed by atoms with Crippen molar-refractivity contribution in [1.82, 2.24) is 9.78 Å². The first kappa shape index (κ1) is 15.5. The van der Waals surface area contributed by atoms with Gasteiger partial charge in [-0.2, -0.15) is 5.10 Å². The van der Waals surface area contributed by atoms with Crippen molar-refractivity contribution in [1.29, 1.82) is 0 Å². The average molecular weight is 335 g/mol. The monoisotopic (exact) mass is 335 g/mol. The van der Waals surface area contributed by atoms with Gasteiger partial charge in [0.2, 0.25) is 0 Å². The van der Waals surface area contributed by atoms with Gasteiger partial charge in [0.1, 0.15) is 5.56 Å². The lowest BCUT2D eigenvalue weighted by Gasteiger charge is -2.18.